The van der Waals surface area contributed by atoms with Crippen LogP contribution in [0.3, 0.4) is 0 Å². The monoisotopic (exact) mass is 614 g/mol. The fourth-order valence-corrected chi connectivity index (χ4v) is 10.1. The summed E-state index contributed by atoms with van der Waals surface area (Å²) in [5.74, 6) is -0.515. The van der Waals surface area contributed by atoms with E-state index in [0.29, 0.717) is 24.3 Å². The van der Waals surface area contributed by atoms with Crippen molar-refractivity contribution in [2.45, 2.75) is 117 Å². The van der Waals surface area contributed by atoms with Gasteiger partial charge in [-0.3, -0.25) is 19.2 Å². The largest absolute Gasteiger partial charge is 0.427 e. The number of esters is 4. The van der Waals surface area contributed by atoms with Gasteiger partial charge < -0.3 is 14.2 Å². The van der Waals surface area contributed by atoms with Gasteiger partial charge in [0.2, 0.25) is 0 Å². The molecule has 0 heterocycles. The minimum Gasteiger partial charge on any atom is -0.427 e. The van der Waals surface area contributed by atoms with Crippen molar-refractivity contribution < 1.29 is 33.4 Å². The molecule has 6 atom stereocenters. The van der Waals surface area contributed by atoms with E-state index in [1.807, 2.05) is 50.2 Å². The van der Waals surface area contributed by atoms with Crippen LogP contribution in [0.1, 0.15) is 115 Å². The van der Waals surface area contributed by atoms with Gasteiger partial charge in [0.15, 0.2) is 0 Å². The zero-order valence-corrected chi connectivity index (χ0v) is 27.5. The highest BCUT2D eigenvalue weighted by atomic mass is 16.6. The van der Waals surface area contributed by atoms with Crippen LogP contribution < -0.4 is 9.47 Å². The van der Waals surface area contributed by atoms with Gasteiger partial charge in [-0.1, -0.05) is 38.8 Å². The molecule has 0 aromatic heterocycles. The molecule has 0 bridgehead atoms. The summed E-state index contributed by atoms with van der Waals surface area (Å²) in [6.45, 7) is 11.2. The van der Waals surface area contributed by atoms with Gasteiger partial charge in [-0.05, 0) is 134 Å². The van der Waals surface area contributed by atoms with Crippen molar-refractivity contribution in [1.29, 1.82) is 0 Å². The first-order chi connectivity index (χ1) is 21.2. The molecule has 240 valence electrons. The predicted molar refractivity (Wildman–Crippen MR) is 169 cm³/mol. The lowest BCUT2D eigenvalue weighted by molar-refractivity contribution is -0.184. The van der Waals surface area contributed by atoms with Crippen LogP contribution in [0.2, 0.25) is 0 Å². The second-order valence-electron chi connectivity index (χ2n) is 15.1. The van der Waals surface area contributed by atoms with Crippen LogP contribution in [0.15, 0.2) is 36.4 Å². The van der Waals surface area contributed by atoms with E-state index in [1.54, 1.807) is 0 Å². The van der Waals surface area contributed by atoms with Crippen molar-refractivity contribution >= 4 is 23.9 Å². The Labute approximate surface area is 266 Å². The van der Waals surface area contributed by atoms with E-state index >= 15 is 0 Å². The summed E-state index contributed by atoms with van der Waals surface area (Å²) in [4.78, 5) is 51.9. The molecule has 4 aliphatic carbocycles. The minimum absolute atomic E-state index is 0.00943. The van der Waals surface area contributed by atoms with Crippen molar-refractivity contribution in [1.82, 2.24) is 0 Å². The molecular weight excluding hydrogens is 568 g/mol. The van der Waals surface area contributed by atoms with Crippen molar-refractivity contribution in [3.63, 3.8) is 0 Å². The van der Waals surface area contributed by atoms with Crippen LogP contribution in [-0.2, 0) is 47.6 Å². The van der Waals surface area contributed by atoms with Crippen LogP contribution in [0.4, 0.5) is 0 Å². The topological polar surface area (TPSA) is 96.0 Å². The molecule has 4 aliphatic rings. The smallest absolute Gasteiger partial charge is 0.319 e. The highest BCUT2D eigenvalue weighted by Gasteiger charge is 2.59. The fourth-order valence-electron chi connectivity index (χ4n) is 10.1. The highest BCUT2D eigenvalue weighted by molar-refractivity contribution is 5.92. The standard InChI is InChI=1S/C38H46O7/c1-23(39)43-27-13-9-25-11-15-31-35(3,29(25)21-27)17-7-19-37(31,5)33(41)45-34(42)38(6)20-8-18-36(4)30-22-28(44-24(2)40)14-10-26(30)12-16-32(36)38/h9-10,13-14,21-22,31-32H,7-8,11-12,15-20H2,1-6H3/t31-,32-,35-,36-,37+,38?/m1/s1. The molecule has 0 radical (unpaired) electrons. The van der Waals surface area contributed by atoms with Gasteiger partial charge in [0, 0.05) is 13.8 Å². The minimum atomic E-state index is -0.815. The summed E-state index contributed by atoms with van der Waals surface area (Å²) in [6.07, 6.45) is 8.14. The summed E-state index contributed by atoms with van der Waals surface area (Å²) >= 11 is 0. The molecule has 7 nitrogen and oxygen atoms in total. The lowest BCUT2D eigenvalue weighted by Crippen LogP contribution is -2.56. The normalized spacial score (nSPS) is 33.4. The van der Waals surface area contributed by atoms with E-state index in [4.69, 9.17) is 14.2 Å². The van der Waals surface area contributed by atoms with Gasteiger partial charge in [-0.2, -0.15) is 0 Å². The Morgan fingerprint density at radius 1 is 0.622 bits per heavy atom. The lowest BCUT2D eigenvalue weighted by atomic mass is 9.49. The Balaban J connectivity index is 1.26. The molecule has 2 aromatic rings. The Kier molecular flexibility index (Phi) is 7.77. The molecule has 1 unspecified atom stereocenters. The molecule has 0 saturated heterocycles. The van der Waals surface area contributed by atoms with E-state index in [2.05, 4.69) is 13.8 Å². The summed E-state index contributed by atoms with van der Waals surface area (Å²) in [5.41, 5.74) is 2.47. The molecule has 0 spiro atoms. The first-order valence-electron chi connectivity index (χ1n) is 16.6. The Morgan fingerprint density at radius 3 is 1.40 bits per heavy atom. The molecule has 0 amide bonds. The van der Waals surface area contributed by atoms with Gasteiger partial charge in [0.25, 0.3) is 0 Å². The molecule has 2 aromatic carbocycles. The van der Waals surface area contributed by atoms with E-state index in [0.717, 1.165) is 62.5 Å². The number of aryl methyl sites for hydroxylation is 2. The second kappa shape index (κ2) is 11.1. The Hall–Kier alpha value is -3.48. The van der Waals surface area contributed by atoms with Gasteiger partial charge in [0.05, 0.1) is 10.8 Å². The third kappa shape index (κ3) is 5.11. The van der Waals surface area contributed by atoms with Crippen LogP contribution in [-0.4, -0.2) is 23.9 Å². The van der Waals surface area contributed by atoms with Gasteiger partial charge in [-0.25, -0.2) is 0 Å². The maximum Gasteiger partial charge on any atom is 0.319 e. The van der Waals surface area contributed by atoms with Crippen LogP contribution in [0.25, 0.3) is 0 Å². The van der Waals surface area contributed by atoms with Crippen LogP contribution >= 0.6 is 0 Å². The summed E-state index contributed by atoms with van der Waals surface area (Å²) < 4.78 is 16.9. The van der Waals surface area contributed by atoms with E-state index in [9.17, 15) is 19.2 Å². The molecule has 0 aliphatic heterocycles. The van der Waals surface area contributed by atoms with E-state index < -0.39 is 22.8 Å². The highest BCUT2D eigenvalue weighted by Crippen LogP contribution is 2.60. The molecule has 2 fully saturated rings. The van der Waals surface area contributed by atoms with Crippen molar-refractivity contribution in [3.05, 3.63) is 58.7 Å². The van der Waals surface area contributed by atoms with E-state index in [-0.39, 0.29) is 34.6 Å². The molecular formula is C38H46O7. The zero-order chi connectivity index (χ0) is 32.4. The molecule has 2 saturated carbocycles. The molecule has 7 heteroatoms. The van der Waals surface area contributed by atoms with E-state index in [1.165, 1.54) is 25.0 Å². The Morgan fingerprint density at radius 2 is 1.02 bits per heavy atom. The SMILES string of the molecule is CC(=O)Oc1ccc2c(c1)[C@@]1(C)CCCC(C)(C(=O)OC(=O)[C@@]3(C)CCC[C@]4(C)c5cc(OC(C)=O)ccc5CC[C@@H]34)[C@@H]1CC2. The average Bonchev–Trinajstić information content (AvgIpc) is 2.97. The van der Waals surface area contributed by atoms with Crippen molar-refractivity contribution in [3.8, 4) is 11.5 Å². The summed E-state index contributed by atoms with van der Waals surface area (Å²) in [5, 5.41) is 0. The van der Waals surface area contributed by atoms with Gasteiger partial charge in [-0.15, -0.1) is 0 Å². The first kappa shape index (κ1) is 31.5. The number of benzene rings is 2. The number of hydrogen-bond donors (Lipinski definition) is 0. The van der Waals surface area contributed by atoms with Crippen molar-refractivity contribution in [2.24, 2.45) is 22.7 Å². The lowest BCUT2D eigenvalue weighted by Gasteiger charge is -2.55. The number of hydrogen-bond acceptors (Lipinski definition) is 7. The van der Waals surface area contributed by atoms with Crippen LogP contribution in [0.5, 0.6) is 11.5 Å². The van der Waals surface area contributed by atoms with Crippen molar-refractivity contribution in [2.75, 3.05) is 0 Å². The number of fused-ring (bicyclic) bond motifs is 6. The quantitative estimate of drug-likeness (QED) is 0.202. The second-order valence-corrected chi connectivity index (χ2v) is 15.1. The number of ether oxygens (including phenoxy) is 3. The maximum absolute atomic E-state index is 14.3. The predicted octanol–water partition coefficient (Wildman–Crippen LogP) is 7.33. The first-order valence-corrected chi connectivity index (χ1v) is 16.6. The van der Waals surface area contributed by atoms with Gasteiger partial charge in [0.1, 0.15) is 11.5 Å². The summed E-state index contributed by atoms with van der Waals surface area (Å²) in [6, 6.07) is 11.7. The average molecular weight is 615 g/mol. The zero-order valence-electron chi connectivity index (χ0n) is 27.5. The number of carbonyl (C=O) groups is 4. The third-order valence-corrected chi connectivity index (χ3v) is 12.3. The van der Waals surface area contributed by atoms with Crippen LogP contribution in [0, 0.1) is 22.7 Å². The number of rotatable bonds is 4. The Bertz CT molecular complexity index is 1460. The molecule has 6 rings (SSSR count). The molecule has 0 N–H and O–H groups in total. The number of carbonyl (C=O) groups excluding carboxylic acids is 4. The summed E-state index contributed by atoms with van der Waals surface area (Å²) in [7, 11) is 0. The maximum atomic E-state index is 14.3. The molecule has 45 heavy (non-hydrogen) atoms. The third-order valence-electron chi connectivity index (χ3n) is 12.3. The van der Waals surface area contributed by atoms with Gasteiger partial charge >= 0.3 is 23.9 Å². The fraction of sp³-hybridized carbons (Fsp3) is 0.579.